The second-order valence-corrected chi connectivity index (χ2v) is 3.52. The van der Waals surface area contributed by atoms with E-state index in [-0.39, 0.29) is 5.78 Å². The maximum absolute atomic E-state index is 11.9. The van der Waals surface area contributed by atoms with Gasteiger partial charge in [0.25, 0.3) is 0 Å². The van der Waals surface area contributed by atoms with Gasteiger partial charge in [0.15, 0.2) is 17.3 Å². The summed E-state index contributed by atoms with van der Waals surface area (Å²) < 4.78 is 15.4. The maximum atomic E-state index is 11.9. The Morgan fingerprint density at radius 3 is 1.88 bits per heavy atom. The van der Waals surface area contributed by atoms with E-state index in [1.165, 1.54) is 21.3 Å². The number of ketones is 1. The van der Waals surface area contributed by atoms with Gasteiger partial charge in [-0.25, -0.2) is 0 Å². The molecule has 0 spiro atoms. The lowest BCUT2D eigenvalue weighted by molar-refractivity contribution is 0.103. The number of hydrogen-bond acceptors (Lipinski definition) is 4. The SMILES string of the molecule is C=C(C)C(=O)c1cc(OC)c(OC)cc1OC. The van der Waals surface area contributed by atoms with Crippen molar-refractivity contribution in [2.75, 3.05) is 21.3 Å². The molecule has 0 saturated carbocycles. The normalized spacial score (nSPS) is 9.65. The quantitative estimate of drug-likeness (QED) is 0.582. The first-order chi connectivity index (χ1) is 8.04. The van der Waals surface area contributed by atoms with Gasteiger partial charge in [0.1, 0.15) is 5.75 Å². The van der Waals surface area contributed by atoms with Crippen molar-refractivity contribution in [1.29, 1.82) is 0 Å². The number of benzene rings is 1. The molecule has 0 amide bonds. The highest BCUT2D eigenvalue weighted by molar-refractivity contribution is 6.10. The standard InChI is InChI=1S/C13H16O4/c1-8(2)13(14)9-6-11(16-4)12(17-5)7-10(9)15-3/h6-7H,1H2,2-5H3. The number of carbonyl (C=O) groups is 1. The lowest BCUT2D eigenvalue weighted by Gasteiger charge is -2.13. The summed E-state index contributed by atoms with van der Waals surface area (Å²) in [6, 6.07) is 3.21. The van der Waals surface area contributed by atoms with Crippen molar-refractivity contribution in [1.82, 2.24) is 0 Å². The number of methoxy groups -OCH3 is 3. The number of carbonyl (C=O) groups excluding carboxylic acids is 1. The fraction of sp³-hybridized carbons (Fsp3) is 0.308. The van der Waals surface area contributed by atoms with E-state index >= 15 is 0 Å². The zero-order valence-electron chi connectivity index (χ0n) is 10.5. The lowest BCUT2D eigenvalue weighted by Crippen LogP contribution is -2.04. The maximum Gasteiger partial charge on any atom is 0.192 e. The van der Waals surface area contributed by atoms with Gasteiger partial charge in [-0.1, -0.05) is 6.58 Å². The first kappa shape index (κ1) is 13.1. The number of ether oxygens (including phenoxy) is 3. The molecule has 0 unspecified atom stereocenters. The summed E-state index contributed by atoms with van der Waals surface area (Å²) in [7, 11) is 4.54. The van der Waals surface area contributed by atoms with E-state index in [2.05, 4.69) is 6.58 Å². The van der Waals surface area contributed by atoms with Crippen molar-refractivity contribution in [2.24, 2.45) is 0 Å². The van der Waals surface area contributed by atoms with Crippen LogP contribution in [-0.4, -0.2) is 27.1 Å². The van der Waals surface area contributed by atoms with Gasteiger partial charge < -0.3 is 14.2 Å². The summed E-state index contributed by atoms with van der Waals surface area (Å²) >= 11 is 0. The summed E-state index contributed by atoms with van der Waals surface area (Å²) in [6.07, 6.45) is 0. The molecule has 17 heavy (non-hydrogen) atoms. The highest BCUT2D eigenvalue weighted by Gasteiger charge is 2.17. The van der Waals surface area contributed by atoms with E-state index in [4.69, 9.17) is 14.2 Å². The molecular formula is C13H16O4. The third-order valence-corrected chi connectivity index (χ3v) is 2.34. The van der Waals surface area contributed by atoms with Gasteiger partial charge in [0.05, 0.1) is 26.9 Å². The molecule has 0 aliphatic carbocycles. The average Bonchev–Trinajstić information content (AvgIpc) is 2.35. The molecule has 4 nitrogen and oxygen atoms in total. The molecule has 0 aromatic heterocycles. The molecule has 92 valence electrons. The van der Waals surface area contributed by atoms with Gasteiger partial charge in [-0.15, -0.1) is 0 Å². The predicted molar refractivity (Wildman–Crippen MR) is 65.2 cm³/mol. The third-order valence-electron chi connectivity index (χ3n) is 2.34. The molecule has 1 rings (SSSR count). The van der Waals surface area contributed by atoms with E-state index in [1.807, 2.05) is 0 Å². The van der Waals surface area contributed by atoms with Crippen LogP contribution < -0.4 is 14.2 Å². The Balaban J connectivity index is 3.38. The van der Waals surface area contributed by atoms with Crippen molar-refractivity contribution < 1.29 is 19.0 Å². The van der Waals surface area contributed by atoms with E-state index in [1.54, 1.807) is 19.1 Å². The number of rotatable bonds is 5. The van der Waals surface area contributed by atoms with Crippen molar-refractivity contribution in [3.8, 4) is 17.2 Å². The molecule has 0 saturated heterocycles. The molecule has 4 heteroatoms. The van der Waals surface area contributed by atoms with E-state index in [0.717, 1.165) is 0 Å². The van der Waals surface area contributed by atoms with Crippen molar-refractivity contribution in [3.05, 3.63) is 29.8 Å². The van der Waals surface area contributed by atoms with Crippen LogP contribution in [0.4, 0.5) is 0 Å². The van der Waals surface area contributed by atoms with Crippen LogP contribution in [0.5, 0.6) is 17.2 Å². The van der Waals surface area contributed by atoms with Gasteiger partial charge in [0.2, 0.25) is 0 Å². The summed E-state index contributed by atoms with van der Waals surface area (Å²) in [6.45, 7) is 5.28. The second-order valence-electron chi connectivity index (χ2n) is 3.52. The topological polar surface area (TPSA) is 44.8 Å². The Hall–Kier alpha value is -1.97. The first-order valence-corrected chi connectivity index (χ1v) is 5.05. The molecule has 0 heterocycles. The third kappa shape index (κ3) is 2.58. The van der Waals surface area contributed by atoms with Crippen molar-refractivity contribution in [3.63, 3.8) is 0 Å². The molecule has 1 aromatic rings. The van der Waals surface area contributed by atoms with Crippen LogP contribution in [0.3, 0.4) is 0 Å². The molecule has 0 atom stereocenters. The molecule has 0 N–H and O–H groups in total. The molecule has 1 aromatic carbocycles. The number of Topliss-reactive ketones (excluding diaryl/α,β-unsaturated/α-hetero) is 1. The van der Waals surface area contributed by atoms with Crippen LogP contribution in [0.25, 0.3) is 0 Å². The minimum absolute atomic E-state index is 0.178. The molecule has 0 aliphatic heterocycles. The fourth-order valence-corrected chi connectivity index (χ4v) is 1.44. The van der Waals surface area contributed by atoms with Crippen LogP contribution in [0, 0.1) is 0 Å². The predicted octanol–water partition coefficient (Wildman–Crippen LogP) is 2.47. The Bertz CT molecular complexity index is 449. The summed E-state index contributed by atoms with van der Waals surface area (Å²) in [5.74, 6) is 1.26. The zero-order chi connectivity index (χ0) is 13.0. The smallest absolute Gasteiger partial charge is 0.192 e. The number of allylic oxidation sites excluding steroid dienone is 1. The summed E-state index contributed by atoms with van der Waals surface area (Å²) in [4.78, 5) is 11.9. The van der Waals surface area contributed by atoms with Crippen LogP contribution in [0.2, 0.25) is 0 Å². The largest absolute Gasteiger partial charge is 0.496 e. The number of hydrogen-bond donors (Lipinski definition) is 0. The monoisotopic (exact) mass is 236 g/mol. The van der Waals surface area contributed by atoms with E-state index < -0.39 is 0 Å². The fourth-order valence-electron chi connectivity index (χ4n) is 1.44. The Labute approximate surface area is 101 Å². The average molecular weight is 236 g/mol. The molecule has 0 radical (unpaired) electrons. The summed E-state index contributed by atoms with van der Waals surface area (Å²) in [5.41, 5.74) is 0.855. The Kier molecular flexibility index (Phi) is 4.15. The molecule has 0 fully saturated rings. The first-order valence-electron chi connectivity index (χ1n) is 5.05. The summed E-state index contributed by atoms with van der Waals surface area (Å²) in [5, 5.41) is 0. The van der Waals surface area contributed by atoms with Gasteiger partial charge in [-0.3, -0.25) is 4.79 Å². The molecule has 0 bridgehead atoms. The molecule has 0 aliphatic rings. The van der Waals surface area contributed by atoms with Gasteiger partial charge in [0, 0.05) is 6.07 Å². The van der Waals surface area contributed by atoms with Crippen molar-refractivity contribution >= 4 is 5.78 Å². The van der Waals surface area contributed by atoms with E-state index in [0.29, 0.717) is 28.4 Å². The molecular weight excluding hydrogens is 220 g/mol. The second kappa shape index (κ2) is 5.39. The van der Waals surface area contributed by atoms with Gasteiger partial charge in [-0.05, 0) is 18.6 Å². The Morgan fingerprint density at radius 1 is 1.00 bits per heavy atom. The van der Waals surface area contributed by atoms with Crippen LogP contribution in [0.1, 0.15) is 17.3 Å². The zero-order valence-corrected chi connectivity index (χ0v) is 10.5. The minimum atomic E-state index is -0.178. The van der Waals surface area contributed by atoms with Crippen LogP contribution >= 0.6 is 0 Å². The van der Waals surface area contributed by atoms with Gasteiger partial charge in [-0.2, -0.15) is 0 Å². The highest BCUT2D eigenvalue weighted by atomic mass is 16.5. The van der Waals surface area contributed by atoms with Crippen molar-refractivity contribution in [2.45, 2.75) is 6.92 Å². The van der Waals surface area contributed by atoms with Crippen LogP contribution in [-0.2, 0) is 0 Å². The van der Waals surface area contributed by atoms with E-state index in [9.17, 15) is 4.79 Å². The van der Waals surface area contributed by atoms with Gasteiger partial charge >= 0.3 is 0 Å². The van der Waals surface area contributed by atoms with Crippen LogP contribution in [0.15, 0.2) is 24.3 Å². The Morgan fingerprint density at radius 2 is 1.47 bits per heavy atom. The minimum Gasteiger partial charge on any atom is -0.496 e. The highest BCUT2D eigenvalue weighted by Crippen LogP contribution is 2.35. The lowest BCUT2D eigenvalue weighted by atomic mass is 10.0.